The number of para-hydroxylation sites is 4. The minimum atomic E-state index is 1.13. The van der Waals surface area contributed by atoms with Crippen LogP contribution in [0.4, 0.5) is 0 Å². The van der Waals surface area contributed by atoms with Crippen molar-refractivity contribution < 1.29 is 0 Å². The Morgan fingerprint density at radius 3 is 1.59 bits per heavy atom. The number of hydrogen-bond donors (Lipinski definition) is 0. The maximum Gasteiger partial charge on any atom is 0.0620 e. The predicted octanol–water partition coefficient (Wildman–Crippen LogP) is 10.6. The fourth-order valence-electron chi connectivity index (χ4n) is 6.91. The Morgan fingerprint density at radius 1 is 0.364 bits per heavy atom. The molecule has 0 saturated carbocycles. The molecule has 0 aliphatic heterocycles. The first-order valence-corrected chi connectivity index (χ1v) is 15.0. The highest BCUT2D eigenvalue weighted by Crippen LogP contribution is 2.43. The van der Waals surface area contributed by atoms with Crippen LogP contribution in [0, 0.1) is 0 Å². The Hall–Kier alpha value is -5.93. The van der Waals surface area contributed by atoms with Gasteiger partial charge in [0.1, 0.15) is 0 Å². The zero-order valence-electron chi connectivity index (χ0n) is 23.9. The molecule has 44 heavy (non-hydrogen) atoms. The number of benzene rings is 6. The van der Waals surface area contributed by atoms with E-state index in [-0.39, 0.29) is 0 Å². The van der Waals surface area contributed by atoms with E-state index in [9.17, 15) is 0 Å². The van der Waals surface area contributed by atoms with E-state index in [0.717, 1.165) is 22.3 Å². The van der Waals surface area contributed by atoms with Crippen molar-refractivity contribution in [3.8, 4) is 33.6 Å². The quantitative estimate of drug-likeness (QED) is 0.210. The second-order valence-corrected chi connectivity index (χ2v) is 11.2. The van der Waals surface area contributed by atoms with E-state index in [2.05, 4.69) is 166 Å². The van der Waals surface area contributed by atoms with Gasteiger partial charge in [-0.1, -0.05) is 115 Å². The van der Waals surface area contributed by atoms with E-state index in [0.29, 0.717) is 0 Å². The third-order valence-electron chi connectivity index (χ3n) is 8.82. The molecule has 6 aromatic carbocycles. The van der Waals surface area contributed by atoms with Crippen molar-refractivity contribution in [2.24, 2.45) is 0 Å². The average Bonchev–Trinajstić information content (AvgIpc) is 3.63. The van der Waals surface area contributed by atoms with Crippen LogP contribution in [-0.2, 0) is 0 Å². The smallest absolute Gasteiger partial charge is 0.0620 e. The van der Waals surface area contributed by atoms with Gasteiger partial charge in [-0.05, 0) is 47.5 Å². The summed E-state index contributed by atoms with van der Waals surface area (Å²) in [6.07, 6.45) is 3.88. The summed E-state index contributed by atoms with van der Waals surface area (Å²) >= 11 is 0. The van der Waals surface area contributed by atoms with Gasteiger partial charge in [-0.3, -0.25) is 4.98 Å². The molecule has 0 unspecified atom stereocenters. The summed E-state index contributed by atoms with van der Waals surface area (Å²) in [4.78, 5) is 4.52. The number of fused-ring (bicyclic) bond motifs is 6. The lowest BCUT2D eigenvalue weighted by atomic mass is 9.99. The predicted molar refractivity (Wildman–Crippen MR) is 184 cm³/mol. The Labute approximate surface area is 254 Å². The van der Waals surface area contributed by atoms with E-state index in [1.54, 1.807) is 0 Å². The molecule has 206 valence electrons. The van der Waals surface area contributed by atoms with Gasteiger partial charge >= 0.3 is 0 Å². The number of aromatic nitrogens is 3. The van der Waals surface area contributed by atoms with Crippen molar-refractivity contribution in [2.45, 2.75) is 0 Å². The molecule has 0 aliphatic rings. The van der Waals surface area contributed by atoms with Crippen LogP contribution in [0.5, 0.6) is 0 Å². The maximum atomic E-state index is 4.52. The molecule has 3 heterocycles. The second kappa shape index (κ2) is 9.82. The molecule has 0 amide bonds. The van der Waals surface area contributed by atoms with Crippen molar-refractivity contribution in [1.29, 1.82) is 0 Å². The van der Waals surface area contributed by atoms with Gasteiger partial charge in [-0.2, -0.15) is 0 Å². The van der Waals surface area contributed by atoms with Crippen LogP contribution < -0.4 is 0 Å². The first-order chi connectivity index (χ1) is 21.9. The van der Waals surface area contributed by atoms with Crippen LogP contribution in [0.1, 0.15) is 0 Å². The summed E-state index contributed by atoms with van der Waals surface area (Å²) < 4.78 is 4.83. The summed E-state index contributed by atoms with van der Waals surface area (Å²) in [7, 11) is 0. The van der Waals surface area contributed by atoms with Gasteiger partial charge in [0, 0.05) is 56.4 Å². The van der Waals surface area contributed by atoms with Crippen LogP contribution in [0.25, 0.3) is 77.2 Å². The molecular weight excluding hydrogens is 534 g/mol. The number of pyridine rings is 1. The molecule has 9 rings (SSSR count). The lowest BCUT2D eigenvalue weighted by Gasteiger charge is -2.15. The van der Waals surface area contributed by atoms with Gasteiger partial charge in [0.2, 0.25) is 0 Å². The monoisotopic (exact) mass is 561 g/mol. The Balaban J connectivity index is 1.38. The van der Waals surface area contributed by atoms with Crippen LogP contribution in [0.2, 0.25) is 0 Å². The first kappa shape index (κ1) is 24.6. The molecule has 3 nitrogen and oxygen atoms in total. The number of rotatable bonds is 4. The van der Waals surface area contributed by atoms with Gasteiger partial charge in [-0.15, -0.1) is 0 Å². The highest BCUT2D eigenvalue weighted by atomic mass is 15.0. The topological polar surface area (TPSA) is 22.8 Å². The molecule has 0 radical (unpaired) electrons. The first-order valence-electron chi connectivity index (χ1n) is 15.0. The van der Waals surface area contributed by atoms with E-state index in [4.69, 9.17) is 0 Å². The van der Waals surface area contributed by atoms with Crippen molar-refractivity contribution in [3.05, 3.63) is 164 Å². The lowest BCUT2D eigenvalue weighted by Crippen LogP contribution is -1.98. The van der Waals surface area contributed by atoms with E-state index in [1.165, 1.54) is 55.0 Å². The van der Waals surface area contributed by atoms with Gasteiger partial charge in [0.15, 0.2) is 0 Å². The van der Waals surface area contributed by atoms with Gasteiger partial charge in [-0.25, -0.2) is 0 Å². The summed E-state index contributed by atoms with van der Waals surface area (Å²) in [5.74, 6) is 0. The highest BCUT2D eigenvalue weighted by molar-refractivity contribution is 6.18. The summed E-state index contributed by atoms with van der Waals surface area (Å²) in [5, 5.41) is 4.83. The van der Waals surface area contributed by atoms with Crippen LogP contribution in [0.15, 0.2) is 164 Å². The molecule has 0 fully saturated rings. The van der Waals surface area contributed by atoms with Crippen LogP contribution >= 0.6 is 0 Å². The summed E-state index contributed by atoms with van der Waals surface area (Å²) in [6.45, 7) is 0. The van der Waals surface area contributed by atoms with Crippen molar-refractivity contribution in [3.63, 3.8) is 0 Å². The summed E-state index contributed by atoms with van der Waals surface area (Å²) in [6, 6.07) is 54.4. The molecule has 0 spiro atoms. The number of nitrogens with zero attached hydrogens (tertiary/aromatic N) is 3. The van der Waals surface area contributed by atoms with Gasteiger partial charge in [0.05, 0.1) is 22.1 Å². The zero-order valence-corrected chi connectivity index (χ0v) is 23.9. The minimum absolute atomic E-state index is 1.13. The largest absolute Gasteiger partial charge is 0.309 e. The third-order valence-corrected chi connectivity index (χ3v) is 8.82. The van der Waals surface area contributed by atoms with Crippen LogP contribution in [0.3, 0.4) is 0 Å². The normalized spacial score (nSPS) is 11.6. The molecular formula is C41H27N3. The Bertz CT molecular complexity index is 2470. The maximum absolute atomic E-state index is 4.52. The van der Waals surface area contributed by atoms with Gasteiger partial charge in [0.25, 0.3) is 0 Å². The Kier molecular flexibility index (Phi) is 5.50. The molecule has 3 heteroatoms. The minimum Gasteiger partial charge on any atom is -0.309 e. The molecule has 0 atom stereocenters. The average molecular weight is 562 g/mol. The van der Waals surface area contributed by atoms with Crippen molar-refractivity contribution >= 4 is 43.6 Å². The van der Waals surface area contributed by atoms with E-state index < -0.39 is 0 Å². The van der Waals surface area contributed by atoms with E-state index >= 15 is 0 Å². The SMILES string of the molecule is c1ccc(-c2ccc(-n3c4ccccc4c4cccc(-c5cccc6c7cnccc7n(-c7ccccc7)c56)c43)cc2)cc1. The van der Waals surface area contributed by atoms with Crippen molar-refractivity contribution in [2.75, 3.05) is 0 Å². The summed E-state index contributed by atoms with van der Waals surface area (Å²) in [5.41, 5.74) is 11.8. The standard InChI is InChI=1S/C41H27N3/c1-3-11-28(12-4-1)29-21-23-31(24-22-29)44-38-20-8-7-15-32(38)33-16-9-17-34(40(33)44)35-18-10-19-36-37-27-42-26-25-39(37)43(41(35)36)30-13-5-2-6-14-30/h1-27H. The number of hydrogen-bond acceptors (Lipinski definition) is 1. The fraction of sp³-hybridized carbons (Fsp3) is 0. The molecule has 0 N–H and O–H groups in total. The third kappa shape index (κ3) is 3.66. The Morgan fingerprint density at radius 2 is 0.886 bits per heavy atom. The van der Waals surface area contributed by atoms with Crippen molar-refractivity contribution in [1.82, 2.24) is 14.1 Å². The molecule has 3 aromatic heterocycles. The lowest BCUT2D eigenvalue weighted by molar-refractivity contribution is 1.17. The molecule has 9 aromatic rings. The van der Waals surface area contributed by atoms with E-state index in [1.807, 2.05) is 12.4 Å². The molecule has 0 bridgehead atoms. The molecule has 0 saturated heterocycles. The zero-order chi connectivity index (χ0) is 29.0. The van der Waals surface area contributed by atoms with Crippen LogP contribution in [-0.4, -0.2) is 14.1 Å². The second-order valence-electron chi connectivity index (χ2n) is 11.2. The molecule has 0 aliphatic carbocycles. The van der Waals surface area contributed by atoms with Gasteiger partial charge < -0.3 is 9.13 Å². The fourth-order valence-corrected chi connectivity index (χ4v) is 6.91. The highest BCUT2D eigenvalue weighted by Gasteiger charge is 2.21.